The SMILES string of the molecule is COC(=O)C(CC(=O)c1ccc(OC)cc1)(CC(=O)c1ccc(OC)cc1)C(=O)OC. The van der Waals surface area contributed by atoms with Crippen molar-refractivity contribution in [2.75, 3.05) is 28.4 Å². The molecule has 0 fully saturated rings. The molecule has 0 atom stereocenters. The Balaban J connectivity index is 2.41. The molecule has 0 aromatic heterocycles. The van der Waals surface area contributed by atoms with E-state index in [4.69, 9.17) is 18.9 Å². The predicted molar refractivity (Wildman–Crippen MR) is 110 cm³/mol. The van der Waals surface area contributed by atoms with Gasteiger partial charge in [0.2, 0.25) is 0 Å². The highest BCUT2D eigenvalue weighted by atomic mass is 16.5. The first-order chi connectivity index (χ1) is 14.8. The third-order valence-electron chi connectivity index (χ3n) is 4.90. The Hall–Kier alpha value is -3.68. The fourth-order valence-electron chi connectivity index (χ4n) is 3.13. The average Bonchev–Trinajstić information content (AvgIpc) is 2.82. The Labute approximate surface area is 180 Å². The lowest BCUT2D eigenvalue weighted by Crippen LogP contribution is -2.44. The number of hydrogen-bond donors (Lipinski definition) is 0. The van der Waals surface area contributed by atoms with Crippen LogP contribution in [0.15, 0.2) is 48.5 Å². The molecule has 0 N–H and O–H groups in total. The van der Waals surface area contributed by atoms with Crippen LogP contribution in [0.2, 0.25) is 0 Å². The van der Waals surface area contributed by atoms with Crippen molar-refractivity contribution in [3.8, 4) is 11.5 Å². The number of Topliss-reactive ketones (excluding diaryl/α,β-unsaturated/α-hetero) is 2. The number of methoxy groups -OCH3 is 4. The highest BCUT2D eigenvalue weighted by molar-refractivity contribution is 6.11. The van der Waals surface area contributed by atoms with Crippen LogP contribution in [0.3, 0.4) is 0 Å². The number of carbonyl (C=O) groups is 4. The smallest absolute Gasteiger partial charge is 0.324 e. The number of carbonyl (C=O) groups excluding carboxylic acids is 4. The summed E-state index contributed by atoms with van der Waals surface area (Å²) in [5.74, 6) is -2.02. The van der Waals surface area contributed by atoms with E-state index in [1.165, 1.54) is 38.5 Å². The van der Waals surface area contributed by atoms with E-state index in [9.17, 15) is 19.2 Å². The zero-order chi connectivity index (χ0) is 23.0. The van der Waals surface area contributed by atoms with Crippen LogP contribution < -0.4 is 9.47 Å². The van der Waals surface area contributed by atoms with E-state index in [2.05, 4.69) is 0 Å². The number of ether oxygens (including phenoxy) is 4. The Morgan fingerprint density at radius 1 is 0.613 bits per heavy atom. The molecule has 0 aliphatic carbocycles. The average molecular weight is 428 g/mol. The van der Waals surface area contributed by atoms with E-state index < -0.39 is 41.8 Å². The van der Waals surface area contributed by atoms with Gasteiger partial charge in [-0.05, 0) is 48.5 Å². The highest BCUT2D eigenvalue weighted by Gasteiger charge is 2.51. The zero-order valence-electron chi connectivity index (χ0n) is 17.8. The molecule has 8 heteroatoms. The van der Waals surface area contributed by atoms with Gasteiger partial charge in [-0.2, -0.15) is 0 Å². The minimum Gasteiger partial charge on any atom is -0.497 e. The van der Waals surface area contributed by atoms with Gasteiger partial charge in [0.15, 0.2) is 17.0 Å². The zero-order valence-corrected chi connectivity index (χ0v) is 17.8. The maximum absolute atomic E-state index is 12.9. The molecule has 2 aromatic rings. The number of esters is 2. The van der Waals surface area contributed by atoms with E-state index in [1.54, 1.807) is 24.3 Å². The summed E-state index contributed by atoms with van der Waals surface area (Å²) in [6, 6.07) is 12.3. The van der Waals surface area contributed by atoms with E-state index in [1.807, 2.05) is 0 Å². The van der Waals surface area contributed by atoms with Crippen molar-refractivity contribution in [2.45, 2.75) is 12.8 Å². The predicted octanol–water partition coefficient (Wildman–Crippen LogP) is 2.88. The molecule has 0 saturated carbocycles. The molecule has 0 radical (unpaired) electrons. The summed E-state index contributed by atoms with van der Waals surface area (Å²) in [6.07, 6.45) is -1.19. The maximum Gasteiger partial charge on any atom is 0.324 e. The number of benzene rings is 2. The second-order valence-corrected chi connectivity index (χ2v) is 6.72. The van der Waals surface area contributed by atoms with Crippen LogP contribution in [-0.4, -0.2) is 51.9 Å². The molecule has 0 aliphatic rings. The standard InChI is InChI=1S/C23H24O8/c1-28-17-9-5-15(6-10-17)19(24)13-23(21(26)30-3,22(27)31-4)14-20(25)16-7-11-18(29-2)12-8-16/h5-12H,13-14H2,1-4H3. The molecule has 164 valence electrons. The molecular formula is C23H24O8. The molecule has 0 saturated heterocycles. The Morgan fingerprint density at radius 3 is 1.19 bits per heavy atom. The van der Waals surface area contributed by atoms with Crippen molar-refractivity contribution in [1.29, 1.82) is 0 Å². The van der Waals surface area contributed by atoms with Crippen LogP contribution in [0, 0.1) is 5.41 Å². The van der Waals surface area contributed by atoms with Gasteiger partial charge in [-0.1, -0.05) is 0 Å². The largest absolute Gasteiger partial charge is 0.497 e. The van der Waals surface area contributed by atoms with Gasteiger partial charge in [0.1, 0.15) is 11.5 Å². The molecule has 0 aliphatic heterocycles. The van der Waals surface area contributed by atoms with Crippen molar-refractivity contribution < 1.29 is 38.1 Å². The molecule has 8 nitrogen and oxygen atoms in total. The molecular weight excluding hydrogens is 404 g/mol. The summed E-state index contributed by atoms with van der Waals surface area (Å²) in [4.78, 5) is 51.2. The number of rotatable bonds is 10. The molecule has 2 aromatic carbocycles. The maximum atomic E-state index is 12.9. The molecule has 0 unspecified atom stereocenters. The van der Waals surface area contributed by atoms with Gasteiger partial charge in [0, 0.05) is 24.0 Å². The van der Waals surface area contributed by atoms with Crippen LogP contribution in [-0.2, 0) is 19.1 Å². The fourth-order valence-corrected chi connectivity index (χ4v) is 3.13. The molecule has 0 heterocycles. The minimum atomic E-state index is -2.13. The van der Waals surface area contributed by atoms with Crippen LogP contribution in [0.25, 0.3) is 0 Å². The topological polar surface area (TPSA) is 105 Å². The van der Waals surface area contributed by atoms with Gasteiger partial charge in [-0.3, -0.25) is 19.2 Å². The van der Waals surface area contributed by atoms with Crippen molar-refractivity contribution in [2.24, 2.45) is 5.41 Å². The molecule has 0 amide bonds. The van der Waals surface area contributed by atoms with Crippen LogP contribution in [0.4, 0.5) is 0 Å². The Bertz CT molecular complexity index is 865. The minimum absolute atomic E-state index is 0.245. The van der Waals surface area contributed by atoms with Crippen molar-refractivity contribution in [3.05, 3.63) is 59.7 Å². The van der Waals surface area contributed by atoms with Gasteiger partial charge >= 0.3 is 11.9 Å². The summed E-state index contributed by atoms with van der Waals surface area (Å²) < 4.78 is 19.7. The summed E-state index contributed by atoms with van der Waals surface area (Å²) >= 11 is 0. The van der Waals surface area contributed by atoms with Gasteiger partial charge in [-0.15, -0.1) is 0 Å². The molecule has 0 spiro atoms. The van der Waals surface area contributed by atoms with E-state index in [0.29, 0.717) is 11.5 Å². The fraction of sp³-hybridized carbons (Fsp3) is 0.304. The number of hydrogen-bond acceptors (Lipinski definition) is 8. The lowest BCUT2D eigenvalue weighted by Gasteiger charge is -2.27. The van der Waals surface area contributed by atoms with Gasteiger partial charge in [0.25, 0.3) is 0 Å². The quantitative estimate of drug-likeness (QED) is 0.323. The van der Waals surface area contributed by atoms with Crippen molar-refractivity contribution in [1.82, 2.24) is 0 Å². The first-order valence-electron chi connectivity index (χ1n) is 9.32. The molecule has 31 heavy (non-hydrogen) atoms. The summed E-state index contributed by atoms with van der Waals surface area (Å²) in [5, 5.41) is 0. The second kappa shape index (κ2) is 10.4. The normalized spacial score (nSPS) is 10.7. The number of ketones is 2. The lowest BCUT2D eigenvalue weighted by atomic mass is 9.76. The van der Waals surface area contributed by atoms with E-state index in [-0.39, 0.29) is 11.1 Å². The Kier molecular flexibility index (Phi) is 7.90. The van der Waals surface area contributed by atoms with Gasteiger partial charge in [0.05, 0.1) is 28.4 Å². The Morgan fingerprint density at radius 2 is 0.935 bits per heavy atom. The van der Waals surface area contributed by atoms with Gasteiger partial charge in [-0.25, -0.2) is 0 Å². The first kappa shape index (κ1) is 23.6. The third-order valence-corrected chi connectivity index (χ3v) is 4.90. The molecule has 2 rings (SSSR count). The van der Waals surface area contributed by atoms with Crippen molar-refractivity contribution in [3.63, 3.8) is 0 Å². The second-order valence-electron chi connectivity index (χ2n) is 6.72. The van der Waals surface area contributed by atoms with Crippen LogP contribution in [0.5, 0.6) is 11.5 Å². The van der Waals surface area contributed by atoms with Gasteiger partial charge < -0.3 is 18.9 Å². The van der Waals surface area contributed by atoms with E-state index >= 15 is 0 Å². The monoisotopic (exact) mass is 428 g/mol. The summed E-state index contributed by atoms with van der Waals surface area (Å²) in [7, 11) is 5.13. The van der Waals surface area contributed by atoms with Crippen LogP contribution in [0.1, 0.15) is 33.6 Å². The molecule has 0 bridgehead atoms. The highest BCUT2D eigenvalue weighted by Crippen LogP contribution is 2.34. The van der Waals surface area contributed by atoms with Crippen LogP contribution >= 0.6 is 0 Å². The third kappa shape index (κ3) is 5.28. The summed E-state index contributed by atoms with van der Waals surface area (Å²) in [5.41, 5.74) is -1.64. The van der Waals surface area contributed by atoms with Crippen molar-refractivity contribution >= 4 is 23.5 Å². The summed E-state index contributed by atoms with van der Waals surface area (Å²) in [6.45, 7) is 0. The lowest BCUT2D eigenvalue weighted by molar-refractivity contribution is -0.168. The first-order valence-corrected chi connectivity index (χ1v) is 9.32. The van der Waals surface area contributed by atoms with E-state index in [0.717, 1.165) is 14.2 Å².